The van der Waals surface area contributed by atoms with E-state index in [-0.39, 0.29) is 23.3 Å². The molecule has 1 aromatic rings. The van der Waals surface area contributed by atoms with Crippen LogP contribution in [0.2, 0.25) is 0 Å². The van der Waals surface area contributed by atoms with Crippen molar-refractivity contribution in [2.24, 2.45) is 0 Å². The lowest BCUT2D eigenvalue weighted by atomic mass is 10.0. The fraction of sp³-hybridized carbons (Fsp3) is 0.600. The van der Waals surface area contributed by atoms with Gasteiger partial charge in [-0.25, -0.2) is 8.78 Å². The Balaban J connectivity index is 2.03. The van der Waals surface area contributed by atoms with Gasteiger partial charge in [-0.15, -0.1) is 0 Å². The lowest BCUT2D eigenvalue weighted by Crippen LogP contribution is -2.38. The second-order valence-electron chi connectivity index (χ2n) is 5.63. The summed E-state index contributed by atoms with van der Waals surface area (Å²) < 4.78 is 33.0. The van der Waals surface area contributed by atoms with E-state index in [4.69, 9.17) is 4.74 Å². The molecule has 0 bridgehead atoms. The van der Waals surface area contributed by atoms with Gasteiger partial charge in [0.25, 0.3) is 0 Å². The molecule has 0 aliphatic carbocycles. The summed E-state index contributed by atoms with van der Waals surface area (Å²) in [6.07, 6.45) is 2.05. The largest absolute Gasteiger partial charge is 0.374 e. The van der Waals surface area contributed by atoms with Gasteiger partial charge in [-0.05, 0) is 51.3 Å². The van der Waals surface area contributed by atoms with E-state index in [0.717, 1.165) is 19.4 Å². The maximum absolute atomic E-state index is 13.8. The van der Waals surface area contributed by atoms with Crippen LogP contribution in [0.4, 0.5) is 8.78 Å². The second kappa shape index (κ2) is 5.55. The summed E-state index contributed by atoms with van der Waals surface area (Å²) in [4.78, 5) is 0. The number of benzene rings is 1. The third-order valence-corrected chi connectivity index (χ3v) is 3.83. The number of hydrogen-bond acceptors (Lipinski definition) is 2. The molecule has 2 unspecified atom stereocenters. The molecule has 2 atom stereocenters. The monoisotopic (exact) mass is 269 g/mol. The first-order valence-electron chi connectivity index (χ1n) is 6.74. The Hall–Kier alpha value is -1.00. The number of nitrogens with one attached hydrogen (secondary N) is 1. The van der Waals surface area contributed by atoms with Gasteiger partial charge in [0, 0.05) is 24.8 Å². The fourth-order valence-corrected chi connectivity index (χ4v) is 2.45. The summed E-state index contributed by atoms with van der Waals surface area (Å²) in [5.41, 5.74) is 0.512. The van der Waals surface area contributed by atoms with E-state index in [0.29, 0.717) is 17.7 Å². The van der Waals surface area contributed by atoms with Crippen LogP contribution in [0.3, 0.4) is 0 Å². The van der Waals surface area contributed by atoms with Crippen LogP contribution in [0.25, 0.3) is 0 Å². The van der Waals surface area contributed by atoms with Crippen LogP contribution in [0, 0.1) is 18.6 Å². The van der Waals surface area contributed by atoms with E-state index in [2.05, 4.69) is 5.32 Å². The first-order valence-corrected chi connectivity index (χ1v) is 6.74. The molecule has 1 aliphatic heterocycles. The Bertz CT molecular complexity index is 456. The van der Waals surface area contributed by atoms with Crippen LogP contribution in [-0.4, -0.2) is 18.8 Å². The molecule has 0 saturated carbocycles. The van der Waals surface area contributed by atoms with Gasteiger partial charge < -0.3 is 10.1 Å². The van der Waals surface area contributed by atoms with Crippen molar-refractivity contribution in [1.82, 2.24) is 5.32 Å². The van der Waals surface area contributed by atoms with E-state index in [1.807, 2.05) is 13.8 Å². The smallest absolute Gasteiger partial charge is 0.128 e. The average molecular weight is 269 g/mol. The highest BCUT2D eigenvalue weighted by molar-refractivity contribution is 5.27. The first-order chi connectivity index (χ1) is 8.91. The number of hydrogen-bond donors (Lipinski definition) is 1. The number of halogens is 2. The lowest BCUT2D eigenvalue weighted by molar-refractivity contribution is 0.0190. The highest BCUT2D eigenvalue weighted by atomic mass is 19.1. The van der Waals surface area contributed by atoms with Crippen LogP contribution in [-0.2, 0) is 4.74 Å². The van der Waals surface area contributed by atoms with E-state index in [9.17, 15) is 8.78 Å². The molecule has 1 aliphatic rings. The lowest BCUT2D eigenvalue weighted by Gasteiger charge is -2.26. The molecule has 0 aromatic heterocycles. The topological polar surface area (TPSA) is 21.3 Å². The molecule has 19 heavy (non-hydrogen) atoms. The van der Waals surface area contributed by atoms with Crippen molar-refractivity contribution in [3.63, 3.8) is 0 Å². The number of ether oxygens (including phenoxy) is 1. The normalized spacial score (nSPS) is 24.7. The van der Waals surface area contributed by atoms with Crippen molar-refractivity contribution in [2.45, 2.75) is 45.3 Å². The molecule has 106 valence electrons. The van der Waals surface area contributed by atoms with Gasteiger partial charge in [-0.3, -0.25) is 0 Å². The zero-order valence-corrected chi connectivity index (χ0v) is 11.7. The molecule has 2 nitrogen and oxygen atoms in total. The zero-order chi connectivity index (χ0) is 14.0. The van der Waals surface area contributed by atoms with Gasteiger partial charge >= 0.3 is 0 Å². The van der Waals surface area contributed by atoms with Gasteiger partial charge in [-0.1, -0.05) is 0 Å². The van der Waals surface area contributed by atoms with Crippen LogP contribution in [0.15, 0.2) is 12.1 Å². The van der Waals surface area contributed by atoms with Gasteiger partial charge in [0.05, 0.1) is 5.60 Å². The molecule has 0 spiro atoms. The summed E-state index contributed by atoms with van der Waals surface area (Å²) in [6, 6.07) is 2.28. The standard InChI is InChI=1S/C15H21F2NO/c1-10-7-14(17)12(8-13(10)16)11(2)18-9-15(3)5-4-6-19-15/h7-8,11,18H,4-6,9H2,1-3H3. The van der Waals surface area contributed by atoms with Crippen molar-refractivity contribution < 1.29 is 13.5 Å². The SMILES string of the molecule is Cc1cc(F)c(C(C)NCC2(C)CCCO2)cc1F. The quantitative estimate of drug-likeness (QED) is 0.903. The first kappa shape index (κ1) is 14.4. The van der Waals surface area contributed by atoms with E-state index in [1.165, 1.54) is 12.1 Å². The van der Waals surface area contributed by atoms with Crippen LogP contribution in [0.1, 0.15) is 43.9 Å². The summed E-state index contributed by atoms with van der Waals surface area (Å²) in [5.74, 6) is -0.732. The molecule has 1 fully saturated rings. The highest BCUT2D eigenvalue weighted by Gasteiger charge is 2.30. The highest BCUT2D eigenvalue weighted by Crippen LogP contribution is 2.26. The predicted molar refractivity (Wildman–Crippen MR) is 71.1 cm³/mol. The number of aryl methyl sites for hydroxylation is 1. The Kier molecular flexibility index (Phi) is 4.21. The predicted octanol–water partition coefficient (Wildman–Crippen LogP) is 3.49. The van der Waals surface area contributed by atoms with Crippen LogP contribution < -0.4 is 5.32 Å². The average Bonchev–Trinajstić information content (AvgIpc) is 2.78. The Morgan fingerprint density at radius 2 is 2.11 bits per heavy atom. The second-order valence-corrected chi connectivity index (χ2v) is 5.63. The van der Waals surface area contributed by atoms with E-state index in [1.54, 1.807) is 6.92 Å². The van der Waals surface area contributed by atoms with Crippen molar-refractivity contribution in [1.29, 1.82) is 0 Å². The van der Waals surface area contributed by atoms with Gasteiger partial charge in [0.15, 0.2) is 0 Å². The van der Waals surface area contributed by atoms with Crippen molar-refractivity contribution in [3.05, 3.63) is 34.9 Å². The zero-order valence-electron chi connectivity index (χ0n) is 11.7. The van der Waals surface area contributed by atoms with Gasteiger partial charge in [-0.2, -0.15) is 0 Å². The van der Waals surface area contributed by atoms with E-state index >= 15 is 0 Å². The van der Waals surface area contributed by atoms with Crippen LogP contribution >= 0.6 is 0 Å². The Morgan fingerprint density at radius 1 is 1.37 bits per heavy atom. The molecule has 2 rings (SSSR count). The molecule has 0 radical (unpaired) electrons. The Morgan fingerprint density at radius 3 is 2.74 bits per heavy atom. The molecular formula is C15H21F2NO. The Labute approximate surface area is 113 Å². The summed E-state index contributed by atoms with van der Waals surface area (Å²) >= 11 is 0. The van der Waals surface area contributed by atoms with Gasteiger partial charge in [0.2, 0.25) is 0 Å². The minimum atomic E-state index is -0.367. The third-order valence-electron chi connectivity index (χ3n) is 3.83. The molecule has 0 amide bonds. The summed E-state index contributed by atoms with van der Waals surface area (Å²) in [6.45, 7) is 6.87. The number of rotatable bonds is 4. The molecule has 1 heterocycles. The summed E-state index contributed by atoms with van der Waals surface area (Å²) in [5, 5.41) is 3.24. The molecule has 1 saturated heterocycles. The van der Waals surface area contributed by atoms with E-state index < -0.39 is 0 Å². The molecule has 1 N–H and O–H groups in total. The minimum absolute atomic E-state index is 0.187. The van der Waals surface area contributed by atoms with Gasteiger partial charge in [0.1, 0.15) is 11.6 Å². The van der Waals surface area contributed by atoms with Crippen LogP contribution in [0.5, 0.6) is 0 Å². The maximum Gasteiger partial charge on any atom is 0.128 e. The van der Waals surface area contributed by atoms with Crippen molar-refractivity contribution in [3.8, 4) is 0 Å². The molecule has 1 aromatic carbocycles. The molecular weight excluding hydrogens is 248 g/mol. The van der Waals surface area contributed by atoms with Crippen molar-refractivity contribution >= 4 is 0 Å². The van der Waals surface area contributed by atoms with Crippen molar-refractivity contribution in [2.75, 3.05) is 13.2 Å². The molecule has 4 heteroatoms. The summed E-state index contributed by atoms with van der Waals surface area (Å²) in [7, 11) is 0. The fourth-order valence-electron chi connectivity index (χ4n) is 2.45. The third kappa shape index (κ3) is 3.31. The minimum Gasteiger partial charge on any atom is -0.374 e. The maximum atomic E-state index is 13.8.